The number of nitrogens with one attached hydrogen (secondary N) is 1. The number of amides is 2. The van der Waals surface area contributed by atoms with E-state index in [0.717, 1.165) is 16.7 Å². The molecule has 0 aromatic heterocycles. The van der Waals surface area contributed by atoms with E-state index in [4.69, 9.17) is 23.2 Å². The third-order valence-corrected chi connectivity index (χ3v) is 6.24. The van der Waals surface area contributed by atoms with E-state index in [1.165, 1.54) is 11.8 Å². The molecule has 0 aliphatic carbocycles. The predicted molar refractivity (Wildman–Crippen MR) is 127 cm³/mol. The molecule has 30 heavy (non-hydrogen) atoms. The van der Waals surface area contributed by atoms with Gasteiger partial charge in [-0.1, -0.05) is 59.1 Å². The summed E-state index contributed by atoms with van der Waals surface area (Å²) in [6, 6.07) is 12.9. The van der Waals surface area contributed by atoms with Crippen LogP contribution in [0.3, 0.4) is 0 Å². The number of hydrogen-bond donors (Lipinski definition) is 1. The highest BCUT2D eigenvalue weighted by Gasteiger charge is 2.26. The number of carbonyl (C=O) groups is 2. The number of thioether (sulfide) groups is 1. The van der Waals surface area contributed by atoms with Crippen molar-refractivity contribution in [1.82, 2.24) is 10.2 Å². The van der Waals surface area contributed by atoms with Crippen molar-refractivity contribution < 1.29 is 9.59 Å². The molecular weight excluding hydrogens is 439 g/mol. The second kappa shape index (κ2) is 11.6. The second-order valence-corrected chi connectivity index (χ2v) is 9.39. The zero-order valence-electron chi connectivity index (χ0n) is 17.7. The summed E-state index contributed by atoms with van der Waals surface area (Å²) in [7, 11) is 0. The summed E-state index contributed by atoms with van der Waals surface area (Å²) in [6.07, 6.45) is 0. The standard InChI is InChI=1S/C23H28Cl2N2O2S/c1-15(2)26-23(29)17(4)27(12-18-7-5-6-16(3)10-18)22(28)14-30-13-19-8-9-20(24)21(25)11-19/h5-11,15,17H,12-14H2,1-4H3,(H,26,29)/t17-/m0/s1. The van der Waals surface area contributed by atoms with Gasteiger partial charge in [-0.25, -0.2) is 0 Å². The van der Waals surface area contributed by atoms with Crippen LogP contribution in [0.5, 0.6) is 0 Å². The van der Waals surface area contributed by atoms with E-state index in [1.807, 2.05) is 57.2 Å². The molecule has 0 fully saturated rings. The van der Waals surface area contributed by atoms with Crippen LogP contribution in [-0.4, -0.2) is 34.6 Å². The Balaban J connectivity index is 2.08. The van der Waals surface area contributed by atoms with E-state index in [-0.39, 0.29) is 23.6 Å². The van der Waals surface area contributed by atoms with E-state index in [9.17, 15) is 9.59 Å². The fraction of sp³-hybridized carbons (Fsp3) is 0.391. The first-order chi connectivity index (χ1) is 14.2. The predicted octanol–water partition coefficient (Wildman–Crippen LogP) is 5.48. The highest BCUT2D eigenvalue weighted by Crippen LogP contribution is 2.25. The summed E-state index contributed by atoms with van der Waals surface area (Å²) in [5.41, 5.74) is 3.12. The molecule has 7 heteroatoms. The number of hydrogen-bond acceptors (Lipinski definition) is 3. The molecule has 0 heterocycles. The number of aryl methyl sites for hydroxylation is 1. The fourth-order valence-electron chi connectivity index (χ4n) is 2.96. The van der Waals surface area contributed by atoms with Gasteiger partial charge in [-0.15, -0.1) is 11.8 Å². The Morgan fingerprint density at radius 1 is 1.03 bits per heavy atom. The first-order valence-corrected chi connectivity index (χ1v) is 11.8. The normalized spacial score (nSPS) is 12.0. The lowest BCUT2D eigenvalue weighted by molar-refractivity contribution is -0.138. The van der Waals surface area contributed by atoms with Gasteiger partial charge in [0.1, 0.15) is 6.04 Å². The van der Waals surface area contributed by atoms with Gasteiger partial charge in [0.2, 0.25) is 11.8 Å². The summed E-state index contributed by atoms with van der Waals surface area (Å²) in [5.74, 6) is 0.673. The minimum absolute atomic E-state index is 0.0138. The number of nitrogens with zero attached hydrogens (tertiary/aromatic N) is 1. The quantitative estimate of drug-likeness (QED) is 0.532. The van der Waals surface area contributed by atoms with Crippen LogP contribution in [0, 0.1) is 6.92 Å². The first-order valence-electron chi connectivity index (χ1n) is 9.84. The van der Waals surface area contributed by atoms with Crippen molar-refractivity contribution in [3.8, 4) is 0 Å². The molecule has 1 atom stereocenters. The Kier molecular flexibility index (Phi) is 9.53. The molecule has 0 radical (unpaired) electrons. The average Bonchev–Trinajstić information content (AvgIpc) is 2.67. The summed E-state index contributed by atoms with van der Waals surface area (Å²) in [5, 5.41) is 3.91. The Hall–Kier alpha value is -1.69. The minimum atomic E-state index is -0.564. The van der Waals surface area contributed by atoms with E-state index in [0.29, 0.717) is 22.3 Å². The van der Waals surface area contributed by atoms with Crippen LogP contribution in [0.4, 0.5) is 0 Å². The smallest absolute Gasteiger partial charge is 0.242 e. The van der Waals surface area contributed by atoms with Crippen LogP contribution in [0.25, 0.3) is 0 Å². The largest absolute Gasteiger partial charge is 0.352 e. The molecule has 2 aromatic carbocycles. The molecule has 162 valence electrons. The lowest BCUT2D eigenvalue weighted by atomic mass is 10.1. The van der Waals surface area contributed by atoms with Gasteiger partial charge in [-0.2, -0.15) is 0 Å². The highest BCUT2D eigenvalue weighted by molar-refractivity contribution is 7.99. The molecule has 2 rings (SSSR count). The third-order valence-electron chi connectivity index (χ3n) is 4.51. The van der Waals surface area contributed by atoms with Crippen LogP contribution < -0.4 is 5.32 Å². The summed E-state index contributed by atoms with van der Waals surface area (Å²) in [4.78, 5) is 27.3. The monoisotopic (exact) mass is 466 g/mol. The molecular formula is C23H28Cl2N2O2S. The van der Waals surface area contributed by atoms with Crippen molar-refractivity contribution in [3.63, 3.8) is 0 Å². The highest BCUT2D eigenvalue weighted by atomic mass is 35.5. The zero-order valence-corrected chi connectivity index (χ0v) is 20.1. The Labute approximate surface area is 193 Å². The van der Waals surface area contributed by atoms with E-state index >= 15 is 0 Å². The molecule has 0 spiro atoms. The first kappa shape index (κ1) is 24.6. The van der Waals surface area contributed by atoms with Gasteiger partial charge in [0.25, 0.3) is 0 Å². The van der Waals surface area contributed by atoms with Crippen LogP contribution in [-0.2, 0) is 21.9 Å². The number of benzene rings is 2. The summed E-state index contributed by atoms with van der Waals surface area (Å²) in [6.45, 7) is 7.99. The molecule has 0 unspecified atom stereocenters. The zero-order chi connectivity index (χ0) is 22.3. The molecule has 0 aliphatic heterocycles. The van der Waals surface area contributed by atoms with Crippen molar-refractivity contribution in [2.45, 2.75) is 52.1 Å². The Morgan fingerprint density at radius 3 is 2.40 bits per heavy atom. The van der Waals surface area contributed by atoms with Crippen molar-refractivity contribution in [2.24, 2.45) is 0 Å². The third kappa shape index (κ3) is 7.53. The van der Waals surface area contributed by atoms with Crippen LogP contribution in [0.2, 0.25) is 10.0 Å². The van der Waals surface area contributed by atoms with Gasteiger partial charge >= 0.3 is 0 Å². The number of carbonyl (C=O) groups excluding carboxylic acids is 2. The average molecular weight is 467 g/mol. The fourth-order valence-corrected chi connectivity index (χ4v) is 4.14. The van der Waals surface area contributed by atoms with Gasteiger partial charge in [-0.3, -0.25) is 9.59 Å². The Morgan fingerprint density at radius 2 is 1.77 bits per heavy atom. The van der Waals surface area contributed by atoms with Gasteiger partial charge < -0.3 is 10.2 Å². The molecule has 4 nitrogen and oxygen atoms in total. The van der Waals surface area contributed by atoms with Crippen LogP contribution in [0.1, 0.15) is 37.5 Å². The minimum Gasteiger partial charge on any atom is -0.352 e. The second-order valence-electron chi connectivity index (χ2n) is 7.59. The van der Waals surface area contributed by atoms with Crippen LogP contribution in [0.15, 0.2) is 42.5 Å². The molecule has 2 amide bonds. The van der Waals surface area contributed by atoms with E-state index < -0.39 is 6.04 Å². The van der Waals surface area contributed by atoms with Crippen molar-refractivity contribution >= 4 is 46.8 Å². The molecule has 0 aliphatic rings. The van der Waals surface area contributed by atoms with Gasteiger partial charge in [0, 0.05) is 18.3 Å². The summed E-state index contributed by atoms with van der Waals surface area (Å²) < 4.78 is 0. The lowest BCUT2D eigenvalue weighted by Gasteiger charge is -2.29. The van der Waals surface area contributed by atoms with Gasteiger partial charge in [0.05, 0.1) is 15.8 Å². The van der Waals surface area contributed by atoms with Crippen molar-refractivity contribution in [2.75, 3.05) is 5.75 Å². The Bertz CT molecular complexity index is 889. The molecule has 0 saturated heterocycles. The van der Waals surface area contributed by atoms with Crippen molar-refractivity contribution in [1.29, 1.82) is 0 Å². The summed E-state index contributed by atoms with van der Waals surface area (Å²) >= 11 is 13.5. The van der Waals surface area contributed by atoms with Crippen molar-refractivity contribution in [3.05, 3.63) is 69.2 Å². The van der Waals surface area contributed by atoms with E-state index in [1.54, 1.807) is 17.9 Å². The molecule has 0 saturated carbocycles. The number of rotatable bonds is 9. The molecule has 0 bridgehead atoms. The maximum absolute atomic E-state index is 13.1. The van der Waals surface area contributed by atoms with Gasteiger partial charge in [-0.05, 0) is 51.0 Å². The molecule has 1 N–H and O–H groups in total. The topological polar surface area (TPSA) is 49.4 Å². The lowest BCUT2D eigenvalue weighted by Crippen LogP contribution is -2.49. The van der Waals surface area contributed by atoms with Gasteiger partial charge in [0.15, 0.2) is 0 Å². The van der Waals surface area contributed by atoms with Crippen LogP contribution >= 0.6 is 35.0 Å². The SMILES string of the molecule is Cc1cccc(CN(C(=O)CSCc2ccc(Cl)c(Cl)c2)[C@@H](C)C(=O)NC(C)C)c1. The maximum atomic E-state index is 13.1. The molecule has 2 aromatic rings. The van der Waals surface area contributed by atoms with E-state index in [2.05, 4.69) is 5.32 Å². The number of halogens is 2. The maximum Gasteiger partial charge on any atom is 0.242 e.